The number of halogens is 2. The highest BCUT2D eigenvalue weighted by Crippen LogP contribution is 2.20. The summed E-state index contributed by atoms with van der Waals surface area (Å²) >= 11 is 0. The third kappa shape index (κ3) is 4.82. The minimum Gasteiger partial charge on any atom is -0.396 e. The number of aliphatic hydroxyl groups excluding tert-OH is 1. The molecular formula is C16H17F2NO3S. The number of hydrogen-bond acceptors (Lipinski definition) is 3. The molecule has 2 rings (SSSR count). The van der Waals surface area contributed by atoms with Crippen molar-refractivity contribution in [3.63, 3.8) is 0 Å². The van der Waals surface area contributed by atoms with E-state index < -0.39 is 39.0 Å². The van der Waals surface area contributed by atoms with E-state index in [9.17, 15) is 17.2 Å². The van der Waals surface area contributed by atoms with Gasteiger partial charge in [-0.1, -0.05) is 36.4 Å². The number of aliphatic hydroxyl groups is 1. The third-order valence-electron chi connectivity index (χ3n) is 3.34. The Bertz CT molecular complexity index is 731. The van der Waals surface area contributed by atoms with Crippen LogP contribution in [0, 0.1) is 11.6 Å². The fraction of sp³-hybridized carbons (Fsp3) is 0.250. The fourth-order valence-corrected chi connectivity index (χ4v) is 3.65. The molecule has 4 nitrogen and oxygen atoms in total. The van der Waals surface area contributed by atoms with Gasteiger partial charge >= 0.3 is 0 Å². The van der Waals surface area contributed by atoms with Crippen LogP contribution in [0.1, 0.15) is 23.6 Å². The zero-order valence-electron chi connectivity index (χ0n) is 12.2. The fourth-order valence-electron chi connectivity index (χ4n) is 2.23. The van der Waals surface area contributed by atoms with Gasteiger partial charge in [0.25, 0.3) is 0 Å². The number of benzene rings is 2. The predicted molar refractivity (Wildman–Crippen MR) is 83.0 cm³/mol. The summed E-state index contributed by atoms with van der Waals surface area (Å²) < 4.78 is 54.1. The molecule has 0 saturated heterocycles. The largest absolute Gasteiger partial charge is 0.396 e. The lowest BCUT2D eigenvalue weighted by Gasteiger charge is -2.18. The Kier molecular flexibility index (Phi) is 5.81. The molecule has 0 unspecified atom stereocenters. The second-order valence-electron chi connectivity index (χ2n) is 5.05. The molecule has 0 bridgehead atoms. The third-order valence-corrected chi connectivity index (χ3v) is 4.65. The highest BCUT2D eigenvalue weighted by atomic mass is 32.2. The van der Waals surface area contributed by atoms with E-state index in [-0.39, 0.29) is 13.0 Å². The summed E-state index contributed by atoms with van der Waals surface area (Å²) in [6.07, 6.45) is 0.156. The number of hydrogen-bond donors (Lipinski definition) is 2. The van der Waals surface area contributed by atoms with Crippen LogP contribution in [0.15, 0.2) is 48.5 Å². The highest BCUT2D eigenvalue weighted by molar-refractivity contribution is 7.88. The van der Waals surface area contributed by atoms with Gasteiger partial charge in [-0.2, -0.15) is 0 Å². The monoisotopic (exact) mass is 341 g/mol. The van der Waals surface area contributed by atoms with Gasteiger partial charge in [-0.25, -0.2) is 21.9 Å². The summed E-state index contributed by atoms with van der Waals surface area (Å²) in [5.74, 6) is -2.62. The minimum absolute atomic E-state index is 0.156. The van der Waals surface area contributed by atoms with E-state index in [4.69, 9.17) is 5.11 Å². The van der Waals surface area contributed by atoms with Gasteiger partial charge in [0.15, 0.2) is 0 Å². The van der Waals surface area contributed by atoms with Gasteiger partial charge < -0.3 is 5.11 Å². The second-order valence-corrected chi connectivity index (χ2v) is 6.81. The highest BCUT2D eigenvalue weighted by Gasteiger charge is 2.22. The number of nitrogens with one attached hydrogen (secondary N) is 1. The second kappa shape index (κ2) is 7.63. The predicted octanol–water partition coefficient (Wildman–Crippen LogP) is 2.51. The van der Waals surface area contributed by atoms with E-state index in [2.05, 4.69) is 4.72 Å². The van der Waals surface area contributed by atoms with Crippen LogP contribution in [0.25, 0.3) is 0 Å². The maximum atomic E-state index is 13.6. The molecule has 0 aromatic heterocycles. The standard InChI is InChI=1S/C16H17F2NO3S/c17-14-7-4-8-15(18)13(14)11-23(21,22)19-16(9-10-20)12-5-2-1-3-6-12/h1-8,16,19-20H,9-11H2/t16-/m1/s1. The summed E-state index contributed by atoms with van der Waals surface area (Å²) in [7, 11) is -3.99. The Morgan fingerprint density at radius 1 is 1.00 bits per heavy atom. The van der Waals surface area contributed by atoms with E-state index in [1.165, 1.54) is 6.07 Å². The lowest BCUT2D eigenvalue weighted by atomic mass is 10.1. The van der Waals surface area contributed by atoms with E-state index in [1.807, 2.05) is 0 Å². The van der Waals surface area contributed by atoms with Crippen LogP contribution in [0.4, 0.5) is 8.78 Å². The van der Waals surface area contributed by atoms with Gasteiger partial charge in [0.05, 0.1) is 5.75 Å². The van der Waals surface area contributed by atoms with E-state index in [0.29, 0.717) is 5.56 Å². The van der Waals surface area contributed by atoms with Gasteiger partial charge in [0, 0.05) is 18.2 Å². The van der Waals surface area contributed by atoms with Crippen molar-refractivity contribution < 1.29 is 22.3 Å². The average Bonchev–Trinajstić information content (AvgIpc) is 2.51. The molecular weight excluding hydrogens is 324 g/mol. The lowest BCUT2D eigenvalue weighted by molar-refractivity contribution is 0.272. The molecule has 0 amide bonds. The topological polar surface area (TPSA) is 66.4 Å². The molecule has 0 aliphatic rings. The van der Waals surface area contributed by atoms with Gasteiger partial charge in [0.1, 0.15) is 11.6 Å². The van der Waals surface area contributed by atoms with Gasteiger partial charge in [0.2, 0.25) is 10.0 Å². The zero-order chi connectivity index (χ0) is 16.9. The van der Waals surface area contributed by atoms with Crippen molar-refractivity contribution in [1.29, 1.82) is 0 Å². The zero-order valence-corrected chi connectivity index (χ0v) is 13.1. The number of sulfonamides is 1. The molecule has 0 aliphatic heterocycles. The molecule has 0 heterocycles. The van der Waals surface area contributed by atoms with Gasteiger partial charge in [-0.05, 0) is 24.1 Å². The molecule has 124 valence electrons. The van der Waals surface area contributed by atoms with E-state index in [1.54, 1.807) is 30.3 Å². The molecule has 1 atom stereocenters. The Morgan fingerprint density at radius 3 is 2.17 bits per heavy atom. The maximum absolute atomic E-state index is 13.6. The van der Waals surface area contributed by atoms with Crippen molar-refractivity contribution in [1.82, 2.24) is 4.72 Å². The van der Waals surface area contributed by atoms with Crippen LogP contribution in [-0.4, -0.2) is 20.1 Å². The van der Waals surface area contributed by atoms with Crippen molar-refractivity contribution in [2.45, 2.75) is 18.2 Å². The average molecular weight is 341 g/mol. The Labute approximate surface area is 133 Å². The van der Waals surface area contributed by atoms with E-state index in [0.717, 1.165) is 12.1 Å². The normalized spacial score (nSPS) is 13.0. The van der Waals surface area contributed by atoms with Crippen molar-refractivity contribution >= 4 is 10.0 Å². The minimum atomic E-state index is -3.99. The maximum Gasteiger partial charge on any atom is 0.216 e. The first kappa shape index (κ1) is 17.5. The van der Waals surface area contributed by atoms with Crippen LogP contribution in [0.3, 0.4) is 0 Å². The summed E-state index contributed by atoms with van der Waals surface area (Å²) in [6.45, 7) is -0.226. The Morgan fingerprint density at radius 2 is 1.61 bits per heavy atom. The molecule has 0 fully saturated rings. The molecule has 0 saturated carbocycles. The molecule has 2 N–H and O–H groups in total. The first-order chi connectivity index (χ1) is 10.9. The molecule has 23 heavy (non-hydrogen) atoms. The van der Waals surface area contributed by atoms with Crippen LogP contribution in [0.2, 0.25) is 0 Å². The molecule has 0 spiro atoms. The molecule has 0 radical (unpaired) electrons. The quantitative estimate of drug-likeness (QED) is 0.813. The molecule has 2 aromatic rings. The summed E-state index contributed by atoms with van der Waals surface area (Å²) in [4.78, 5) is 0. The first-order valence-corrected chi connectivity index (χ1v) is 8.67. The van der Waals surface area contributed by atoms with Gasteiger partial charge in [-0.3, -0.25) is 0 Å². The summed E-state index contributed by atoms with van der Waals surface area (Å²) in [6, 6.07) is 11.2. The van der Waals surface area contributed by atoms with Crippen molar-refractivity contribution in [2.75, 3.05) is 6.61 Å². The van der Waals surface area contributed by atoms with Gasteiger partial charge in [-0.15, -0.1) is 0 Å². The van der Waals surface area contributed by atoms with Crippen LogP contribution in [-0.2, 0) is 15.8 Å². The Balaban J connectivity index is 2.22. The number of rotatable bonds is 7. The summed E-state index contributed by atoms with van der Waals surface area (Å²) in [5.41, 5.74) is 0.162. The van der Waals surface area contributed by atoms with Crippen molar-refractivity contribution in [3.05, 3.63) is 71.3 Å². The lowest BCUT2D eigenvalue weighted by Crippen LogP contribution is -2.31. The van der Waals surface area contributed by atoms with Crippen LogP contribution >= 0.6 is 0 Å². The van der Waals surface area contributed by atoms with Crippen LogP contribution < -0.4 is 4.72 Å². The summed E-state index contributed by atoms with van der Waals surface area (Å²) in [5, 5.41) is 9.12. The molecule has 0 aliphatic carbocycles. The molecule has 2 aromatic carbocycles. The van der Waals surface area contributed by atoms with E-state index >= 15 is 0 Å². The first-order valence-electron chi connectivity index (χ1n) is 7.01. The van der Waals surface area contributed by atoms with Crippen molar-refractivity contribution in [2.24, 2.45) is 0 Å². The smallest absolute Gasteiger partial charge is 0.216 e. The van der Waals surface area contributed by atoms with Crippen molar-refractivity contribution in [3.8, 4) is 0 Å². The molecule has 7 heteroatoms. The Hall–Kier alpha value is -1.83. The SMILES string of the molecule is O=S(=O)(Cc1c(F)cccc1F)N[C@H](CCO)c1ccccc1. The van der Waals surface area contributed by atoms with Crippen LogP contribution in [0.5, 0.6) is 0 Å².